The van der Waals surface area contributed by atoms with Crippen LogP contribution in [-0.2, 0) is 20.7 Å². The molecule has 0 bridgehead atoms. The summed E-state index contributed by atoms with van der Waals surface area (Å²) in [6.45, 7) is 5.84. The number of carbonyl (C=O) groups is 2. The average Bonchev–Trinajstić information content (AvgIpc) is 2.52. The summed E-state index contributed by atoms with van der Waals surface area (Å²) in [7, 11) is 1.33. The van der Waals surface area contributed by atoms with E-state index in [9.17, 15) is 14.7 Å². The lowest BCUT2D eigenvalue weighted by Crippen LogP contribution is -2.41. The number of methoxy groups -OCH3 is 1. The predicted molar refractivity (Wildman–Crippen MR) is 88.9 cm³/mol. The summed E-state index contributed by atoms with van der Waals surface area (Å²) < 4.78 is 4.70. The average molecular weight is 321 g/mol. The highest BCUT2D eigenvalue weighted by Gasteiger charge is 2.22. The zero-order chi connectivity index (χ0) is 17.4. The maximum atomic E-state index is 12.4. The number of amides is 1. The van der Waals surface area contributed by atoms with Crippen molar-refractivity contribution in [3.8, 4) is 0 Å². The van der Waals surface area contributed by atoms with E-state index in [1.165, 1.54) is 12.7 Å². The Bertz CT molecular complexity index is 510. The Balaban J connectivity index is 2.63. The molecule has 0 aliphatic carbocycles. The number of esters is 1. The van der Waals surface area contributed by atoms with E-state index >= 15 is 0 Å². The molecule has 2 atom stereocenters. The fourth-order valence-corrected chi connectivity index (χ4v) is 2.37. The van der Waals surface area contributed by atoms with Crippen LogP contribution in [0.1, 0.15) is 31.4 Å². The summed E-state index contributed by atoms with van der Waals surface area (Å²) in [6, 6.07) is 8.07. The number of benzene rings is 1. The monoisotopic (exact) mass is 321 g/mol. The second kappa shape index (κ2) is 9.30. The van der Waals surface area contributed by atoms with Crippen LogP contribution in [0, 0.1) is 12.8 Å². The first-order valence-corrected chi connectivity index (χ1v) is 7.92. The minimum absolute atomic E-state index is 0.0674. The van der Waals surface area contributed by atoms with Crippen molar-refractivity contribution < 1.29 is 19.4 Å². The molecule has 0 aliphatic rings. The van der Waals surface area contributed by atoms with Gasteiger partial charge in [0.2, 0.25) is 5.91 Å². The van der Waals surface area contributed by atoms with Gasteiger partial charge in [0.1, 0.15) is 0 Å². The maximum Gasteiger partial charge on any atom is 0.310 e. The van der Waals surface area contributed by atoms with Gasteiger partial charge in [-0.05, 0) is 25.8 Å². The van der Waals surface area contributed by atoms with E-state index in [1.54, 1.807) is 18.7 Å². The minimum atomic E-state index is -0.636. The first-order chi connectivity index (χ1) is 10.8. The topological polar surface area (TPSA) is 66.8 Å². The van der Waals surface area contributed by atoms with Crippen LogP contribution in [-0.4, -0.2) is 48.2 Å². The zero-order valence-corrected chi connectivity index (χ0v) is 14.4. The van der Waals surface area contributed by atoms with Crippen LogP contribution in [0.3, 0.4) is 0 Å². The van der Waals surface area contributed by atoms with Crippen LogP contribution in [0.5, 0.6) is 0 Å². The summed E-state index contributed by atoms with van der Waals surface area (Å²) in [6.07, 6.45) is 0.356. The standard InChI is InChI=1S/C18H27NO4/c1-13-5-7-16(8-6-13)9-10-17(21)19(12-15(3)20)11-14(2)18(22)23-4/h5-8,14-15,20H,9-12H2,1-4H3. The summed E-state index contributed by atoms with van der Waals surface area (Å²) in [5.41, 5.74) is 2.28. The largest absolute Gasteiger partial charge is 0.469 e. The lowest BCUT2D eigenvalue weighted by atomic mass is 10.1. The number of ether oxygens (including phenoxy) is 1. The molecule has 0 fully saturated rings. The highest BCUT2D eigenvalue weighted by Crippen LogP contribution is 2.10. The molecule has 1 N–H and O–H groups in total. The molecule has 5 nitrogen and oxygen atoms in total. The second-order valence-corrected chi connectivity index (χ2v) is 6.06. The van der Waals surface area contributed by atoms with E-state index in [-0.39, 0.29) is 25.0 Å². The van der Waals surface area contributed by atoms with Gasteiger partial charge >= 0.3 is 5.97 Å². The van der Waals surface area contributed by atoms with Crippen molar-refractivity contribution >= 4 is 11.9 Å². The SMILES string of the molecule is COC(=O)C(C)CN(CC(C)O)C(=O)CCc1ccc(C)cc1. The highest BCUT2D eigenvalue weighted by molar-refractivity contribution is 5.78. The number of aryl methyl sites for hydroxylation is 2. The molecule has 128 valence electrons. The van der Waals surface area contributed by atoms with Crippen molar-refractivity contribution in [1.29, 1.82) is 0 Å². The van der Waals surface area contributed by atoms with Gasteiger partial charge in [0.15, 0.2) is 0 Å². The third kappa shape index (κ3) is 6.82. The second-order valence-electron chi connectivity index (χ2n) is 6.06. The fraction of sp³-hybridized carbons (Fsp3) is 0.556. The molecular weight excluding hydrogens is 294 g/mol. The van der Waals surface area contributed by atoms with E-state index in [2.05, 4.69) is 0 Å². The van der Waals surface area contributed by atoms with Crippen LogP contribution in [0.25, 0.3) is 0 Å². The van der Waals surface area contributed by atoms with Gasteiger partial charge in [0.05, 0.1) is 19.1 Å². The summed E-state index contributed by atoms with van der Waals surface area (Å²) >= 11 is 0. The van der Waals surface area contributed by atoms with Gasteiger partial charge in [-0.15, -0.1) is 0 Å². The van der Waals surface area contributed by atoms with E-state index in [0.717, 1.165) is 5.56 Å². The summed E-state index contributed by atoms with van der Waals surface area (Å²) in [5, 5.41) is 9.59. The van der Waals surface area contributed by atoms with Crippen LogP contribution in [0.2, 0.25) is 0 Å². The Morgan fingerprint density at radius 1 is 1.17 bits per heavy atom. The van der Waals surface area contributed by atoms with Gasteiger partial charge in [-0.25, -0.2) is 0 Å². The molecule has 0 radical (unpaired) electrons. The van der Waals surface area contributed by atoms with Crippen molar-refractivity contribution in [3.63, 3.8) is 0 Å². The predicted octanol–water partition coefficient (Wildman–Crippen LogP) is 1.95. The quantitative estimate of drug-likeness (QED) is 0.743. The molecule has 1 rings (SSSR count). The Kier molecular flexibility index (Phi) is 7.75. The molecule has 0 aromatic heterocycles. The molecule has 0 saturated heterocycles. The molecule has 0 spiro atoms. The van der Waals surface area contributed by atoms with Crippen molar-refractivity contribution in [2.45, 2.75) is 39.7 Å². The van der Waals surface area contributed by atoms with Crippen molar-refractivity contribution in [2.75, 3.05) is 20.2 Å². The van der Waals surface area contributed by atoms with Crippen LogP contribution < -0.4 is 0 Å². The molecule has 0 aliphatic heterocycles. The Hall–Kier alpha value is -1.88. The van der Waals surface area contributed by atoms with Gasteiger partial charge in [0.25, 0.3) is 0 Å². The molecular formula is C18H27NO4. The van der Waals surface area contributed by atoms with Gasteiger partial charge < -0.3 is 14.7 Å². The Morgan fingerprint density at radius 2 is 1.78 bits per heavy atom. The van der Waals surface area contributed by atoms with Crippen LogP contribution >= 0.6 is 0 Å². The van der Waals surface area contributed by atoms with E-state index in [4.69, 9.17) is 4.74 Å². The lowest BCUT2D eigenvalue weighted by molar-refractivity contribution is -0.146. The van der Waals surface area contributed by atoms with Gasteiger partial charge in [-0.1, -0.05) is 36.8 Å². The number of rotatable bonds is 8. The molecule has 5 heteroatoms. The highest BCUT2D eigenvalue weighted by atomic mass is 16.5. The third-order valence-corrected chi connectivity index (χ3v) is 3.68. The Morgan fingerprint density at radius 3 is 2.30 bits per heavy atom. The fourth-order valence-electron chi connectivity index (χ4n) is 2.37. The lowest BCUT2D eigenvalue weighted by Gasteiger charge is -2.26. The van der Waals surface area contributed by atoms with Crippen LogP contribution in [0.15, 0.2) is 24.3 Å². The van der Waals surface area contributed by atoms with Crippen molar-refractivity contribution in [2.24, 2.45) is 5.92 Å². The van der Waals surface area contributed by atoms with E-state index in [1.807, 2.05) is 31.2 Å². The summed E-state index contributed by atoms with van der Waals surface area (Å²) in [4.78, 5) is 25.5. The smallest absolute Gasteiger partial charge is 0.310 e. The van der Waals surface area contributed by atoms with Gasteiger partial charge in [-0.2, -0.15) is 0 Å². The van der Waals surface area contributed by atoms with E-state index in [0.29, 0.717) is 12.8 Å². The zero-order valence-electron chi connectivity index (χ0n) is 14.4. The minimum Gasteiger partial charge on any atom is -0.469 e. The molecule has 1 aromatic rings. The molecule has 0 heterocycles. The molecule has 1 aromatic carbocycles. The number of nitrogens with zero attached hydrogens (tertiary/aromatic N) is 1. The van der Waals surface area contributed by atoms with Crippen LogP contribution in [0.4, 0.5) is 0 Å². The summed E-state index contributed by atoms with van der Waals surface area (Å²) in [5.74, 6) is -0.837. The normalized spacial score (nSPS) is 13.3. The molecule has 2 unspecified atom stereocenters. The van der Waals surface area contributed by atoms with Gasteiger partial charge in [-0.3, -0.25) is 9.59 Å². The Labute approximate surface area is 138 Å². The number of aliphatic hydroxyl groups excluding tert-OH is 1. The number of aliphatic hydroxyl groups is 1. The third-order valence-electron chi connectivity index (χ3n) is 3.68. The van der Waals surface area contributed by atoms with Crippen molar-refractivity contribution in [3.05, 3.63) is 35.4 Å². The van der Waals surface area contributed by atoms with E-state index < -0.39 is 12.0 Å². The number of hydrogen-bond donors (Lipinski definition) is 1. The first-order valence-electron chi connectivity index (χ1n) is 7.92. The van der Waals surface area contributed by atoms with Crippen molar-refractivity contribution in [1.82, 2.24) is 4.90 Å². The molecule has 1 amide bonds. The maximum absolute atomic E-state index is 12.4. The number of carbonyl (C=O) groups excluding carboxylic acids is 2. The number of hydrogen-bond acceptors (Lipinski definition) is 4. The first kappa shape index (κ1) is 19.2. The molecule has 23 heavy (non-hydrogen) atoms. The molecule has 0 saturated carbocycles. The van der Waals surface area contributed by atoms with Gasteiger partial charge in [0, 0.05) is 19.5 Å².